The highest BCUT2D eigenvalue weighted by molar-refractivity contribution is 7.90. The monoisotopic (exact) mass is 354 g/mol. The maximum Gasteiger partial charge on any atom is 0.269 e. The molecule has 25 heavy (non-hydrogen) atoms. The topological polar surface area (TPSA) is 89.9 Å². The fraction of sp³-hybridized carbons (Fsp3) is 0.0588. The number of nitrogens with zero attached hydrogens (tertiary/aromatic N) is 3. The van der Waals surface area contributed by atoms with Crippen molar-refractivity contribution >= 4 is 21.1 Å². The summed E-state index contributed by atoms with van der Waals surface area (Å²) in [7, 11) is -2.23. The van der Waals surface area contributed by atoms with Crippen LogP contribution in [0.1, 0.15) is 0 Å². The lowest BCUT2D eigenvalue weighted by Gasteiger charge is -2.07. The Balaban J connectivity index is 2.03. The van der Waals surface area contributed by atoms with Crippen LogP contribution in [0.4, 0.5) is 0 Å². The summed E-state index contributed by atoms with van der Waals surface area (Å²) in [5.41, 5.74) is 1.80. The van der Waals surface area contributed by atoms with Crippen molar-refractivity contribution in [1.29, 1.82) is 0 Å². The minimum Gasteiger partial charge on any atom is -0.495 e. The largest absolute Gasteiger partial charge is 0.495 e. The van der Waals surface area contributed by atoms with E-state index >= 15 is 0 Å². The summed E-state index contributed by atoms with van der Waals surface area (Å²) >= 11 is 0. The van der Waals surface area contributed by atoms with Crippen LogP contribution >= 0.6 is 0 Å². The molecule has 3 aromatic heterocycles. The lowest BCUT2D eigenvalue weighted by Crippen LogP contribution is -2.12. The Morgan fingerprint density at radius 3 is 2.64 bits per heavy atom. The molecule has 4 rings (SSSR count). The Morgan fingerprint density at radius 1 is 1.16 bits per heavy atom. The molecule has 1 aromatic carbocycles. The summed E-state index contributed by atoms with van der Waals surface area (Å²) in [4.78, 5) is 4.50. The maximum absolute atomic E-state index is 13.1. The van der Waals surface area contributed by atoms with E-state index in [1.54, 1.807) is 55.0 Å². The number of hydrogen-bond donors (Lipinski definition) is 1. The van der Waals surface area contributed by atoms with Gasteiger partial charge in [-0.15, -0.1) is 0 Å². The minimum absolute atomic E-state index is 0.197. The van der Waals surface area contributed by atoms with Crippen molar-refractivity contribution < 1.29 is 13.2 Å². The van der Waals surface area contributed by atoms with Gasteiger partial charge in [-0.05, 0) is 18.2 Å². The zero-order chi connectivity index (χ0) is 17.4. The van der Waals surface area contributed by atoms with Crippen molar-refractivity contribution in [3.8, 4) is 16.9 Å². The molecule has 0 aliphatic heterocycles. The minimum atomic E-state index is -3.77. The summed E-state index contributed by atoms with van der Waals surface area (Å²) in [5.74, 6) is 0.548. The van der Waals surface area contributed by atoms with E-state index < -0.39 is 10.0 Å². The third kappa shape index (κ3) is 2.47. The van der Waals surface area contributed by atoms with Crippen LogP contribution in [0.5, 0.6) is 5.75 Å². The quantitative estimate of drug-likeness (QED) is 0.608. The zero-order valence-corrected chi connectivity index (χ0v) is 14.1. The Bertz CT molecular complexity index is 1130. The maximum atomic E-state index is 13.1. The molecule has 0 saturated carbocycles. The van der Waals surface area contributed by atoms with E-state index in [0.717, 1.165) is 5.56 Å². The molecule has 0 aliphatic carbocycles. The van der Waals surface area contributed by atoms with Crippen LogP contribution in [0.2, 0.25) is 0 Å². The average molecular weight is 354 g/mol. The van der Waals surface area contributed by atoms with E-state index in [2.05, 4.69) is 15.2 Å². The Hall–Kier alpha value is -3.13. The molecule has 0 fully saturated rings. The van der Waals surface area contributed by atoms with Gasteiger partial charge >= 0.3 is 0 Å². The molecule has 126 valence electrons. The average Bonchev–Trinajstić information content (AvgIpc) is 3.29. The van der Waals surface area contributed by atoms with Gasteiger partial charge in [-0.3, -0.25) is 5.10 Å². The SMILES string of the molecule is COc1cnc2c(c1)c(-c1cn[nH]c1)cn2S(=O)(=O)c1ccccc1. The number of H-pyrrole nitrogens is 1. The smallest absolute Gasteiger partial charge is 0.269 e. The summed E-state index contributed by atoms with van der Waals surface area (Å²) in [6.07, 6.45) is 6.39. The van der Waals surface area contributed by atoms with Crippen LogP contribution in [0.15, 0.2) is 66.1 Å². The highest BCUT2D eigenvalue weighted by atomic mass is 32.2. The van der Waals surface area contributed by atoms with Gasteiger partial charge in [-0.1, -0.05) is 18.2 Å². The van der Waals surface area contributed by atoms with E-state index in [4.69, 9.17) is 4.74 Å². The van der Waals surface area contributed by atoms with Crippen LogP contribution in [0, 0.1) is 0 Å². The Morgan fingerprint density at radius 2 is 1.96 bits per heavy atom. The van der Waals surface area contributed by atoms with Crippen molar-refractivity contribution in [2.45, 2.75) is 4.90 Å². The van der Waals surface area contributed by atoms with Crippen LogP contribution in [-0.4, -0.2) is 34.7 Å². The van der Waals surface area contributed by atoms with Crippen LogP contribution < -0.4 is 4.74 Å². The number of fused-ring (bicyclic) bond motifs is 1. The Labute approximate surface area is 144 Å². The van der Waals surface area contributed by atoms with Gasteiger partial charge in [-0.2, -0.15) is 5.10 Å². The molecular weight excluding hydrogens is 340 g/mol. The molecule has 3 heterocycles. The molecule has 0 amide bonds. The molecule has 0 aliphatic rings. The van der Waals surface area contributed by atoms with Crippen LogP contribution in [0.3, 0.4) is 0 Å². The molecule has 0 saturated heterocycles. The second-order valence-corrected chi connectivity index (χ2v) is 7.20. The van der Waals surface area contributed by atoms with E-state index in [0.29, 0.717) is 22.3 Å². The van der Waals surface area contributed by atoms with Crippen molar-refractivity contribution in [1.82, 2.24) is 19.2 Å². The van der Waals surface area contributed by atoms with Gasteiger partial charge < -0.3 is 4.74 Å². The standard InChI is InChI=1S/C17H14N4O3S/c1-24-13-7-15-16(12-8-19-20-9-12)11-21(17(15)18-10-13)25(22,23)14-5-3-2-4-6-14/h2-11H,1H3,(H,19,20). The highest BCUT2D eigenvalue weighted by Gasteiger charge is 2.23. The molecule has 7 nitrogen and oxygen atoms in total. The molecule has 0 atom stereocenters. The Kier molecular flexibility index (Phi) is 3.54. The van der Waals surface area contributed by atoms with Crippen LogP contribution in [-0.2, 0) is 10.0 Å². The number of methoxy groups -OCH3 is 1. The number of aromatic nitrogens is 4. The molecule has 0 spiro atoms. The number of pyridine rings is 1. The van der Waals surface area contributed by atoms with Gasteiger partial charge in [0.25, 0.3) is 10.0 Å². The van der Waals surface area contributed by atoms with Gasteiger partial charge in [0.15, 0.2) is 5.65 Å². The molecular formula is C17H14N4O3S. The summed E-state index contributed by atoms with van der Waals surface area (Å²) in [5, 5.41) is 7.35. The van der Waals surface area contributed by atoms with E-state index in [1.165, 1.54) is 17.3 Å². The summed E-state index contributed by atoms with van der Waals surface area (Å²) in [6, 6.07) is 10.0. The summed E-state index contributed by atoms with van der Waals surface area (Å²) in [6.45, 7) is 0. The molecule has 0 radical (unpaired) electrons. The molecule has 4 aromatic rings. The van der Waals surface area contributed by atoms with Crippen molar-refractivity contribution in [3.05, 3.63) is 61.2 Å². The first kappa shape index (κ1) is 15.4. The van der Waals surface area contributed by atoms with Gasteiger partial charge in [0, 0.05) is 28.9 Å². The van der Waals surface area contributed by atoms with E-state index in [-0.39, 0.29) is 4.90 Å². The van der Waals surface area contributed by atoms with Gasteiger partial charge in [0.1, 0.15) is 5.75 Å². The molecule has 0 bridgehead atoms. The van der Waals surface area contributed by atoms with Crippen LogP contribution in [0.25, 0.3) is 22.2 Å². The fourth-order valence-corrected chi connectivity index (χ4v) is 4.03. The van der Waals surface area contributed by atoms with E-state index in [1.807, 2.05) is 0 Å². The number of ether oxygens (including phenoxy) is 1. The lowest BCUT2D eigenvalue weighted by molar-refractivity contribution is 0.413. The number of aromatic amines is 1. The third-order valence-electron chi connectivity index (χ3n) is 3.93. The third-order valence-corrected chi connectivity index (χ3v) is 5.60. The fourth-order valence-electron chi connectivity index (χ4n) is 2.69. The van der Waals surface area contributed by atoms with Crippen molar-refractivity contribution in [2.75, 3.05) is 7.11 Å². The van der Waals surface area contributed by atoms with Crippen molar-refractivity contribution in [2.24, 2.45) is 0 Å². The molecule has 8 heteroatoms. The number of rotatable bonds is 4. The molecule has 1 N–H and O–H groups in total. The predicted molar refractivity (Wildman–Crippen MR) is 92.9 cm³/mol. The number of hydrogen-bond acceptors (Lipinski definition) is 5. The second kappa shape index (κ2) is 5.75. The predicted octanol–water partition coefficient (Wildman–Crippen LogP) is 2.67. The first-order valence-electron chi connectivity index (χ1n) is 7.46. The second-order valence-electron chi connectivity index (χ2n) is 5.39. The highest BCUT2D eigenvalue weighted by Crippen LogP contribution is 2.33. The zero-order valence-electron chi connectivity index (χ0n) is 13.2. The summed E-state index contributed by atoms with van der Waals surface area (Å²) < 4.78 is 32.5. The van der Waals surface area contributed by atoms with Gasteiger partial charge in [0.05, 0.1) is 24.4 Å². The first-order chi connectivity index (χ1) is 12.1. The lowest BCUT2D eigenvalue weighted by atomic mass is 10.1. The van der Waals surface area contributed by atoms with Gasteiger partial charge in [-0.25, -0.2) is 17.4 Å². The number of benzene rings is 1. The number of nitrogens with one attached hydrogen (secondary N) is 1. The first-order valence-corrected chi connectivity index (χ1v) is 8.90. The van der Waals surface area contributed by atoms with E-state index in [9.17, 15) is 8.42 Å². The van der Waals surface area contributed by atoms with Crippen molar-refractivity contribution in [3.63, 3.8) is 0 Å². The molecule has 0 unspecified atom stereocenters. The normalized spacial score (nSPS) is 11.7. The van der Waals surface area contributed by atoms with Gasteiger partial charge in [0.2, 0.25) is 0 Å².